The largest absolute Gasteiger partial charge is 0.378 e. The van der Waals surface area contributed by atoms with Gasteiger partial charge in [-0.05, 0) is 24.8 Å². The predicted octanol–water partition coefficient (Wildman–Crippen LogP) is -0.256. The van der Waals surface area contributed by atoms with Crippen LogP contribution in [0, 0.1) is 5.92 Å². The summed E-state index contributed by atoms with van der Waals surface area (Å²) in [4.78, 5) is 26.0. The van der Waals surface area contributed by atoms with Crippen molar-refractivity contribution in [3.05, 3.63) is 27.7 Å². The first kappa shape index (κ1) is 13.3. The van der Waals surface area contributed by atoms with Crippen LogP contribution < -0.4 is 5.56 Å². The van der Waals surface area contributed by atoms with Gasteiger partial charge in [-0.15, -0.1) is 0 Å². The van der Waals surface area contributed by atoms with E-state index in [-0.39, 0.29) is 17.4 Å². The van der Waals surface area contributed by atoms with Crippen molar-refractivity contribution in [3.8, 4) is 0 Å². The van der Waals surface area contributed by atoms with Gasteiger partial charge in [0.15, 0.2) is 0 Å². The molecule has 1 fully saturated rings. The fraction of sp³-hybridized carbons (Fsp3) is 0.643. The summed E-state index contributed by atoms with van der Waals surface area (Å²) in [6.07, 6.45) is 2.22. The number of ether oxygens (including phenoxy) is 1. The first-order valence-electron chi connectivity index (χ1n) is 7.08. The summed E-state index contributed by atoms with van der Waals surface area (Å²) in [5, 5.41) is 4.28. The number of carbonyl (C=O) groups is 1. The van der Waals surface area contributed by atoms with Crippen molar-refractivity contribution in [1.29, 1.82) is 0 Å². The summed E-state index contributed by atoms with van der Waals surface area (Å²) in [6, 6.07) is 1.63. The molecule has 1 unspecified atom stereocenters. The molecule has 1 saturated heterocycles. The lowest BCUT2D eigenvalue weighted by Crippen LogP contribution is -2.45. The van der Waals surface area contributed by atoms with Crippen LogP contribution in [0.5, 0.6) is 0 Å². The molecule has 20 heavy (non-hydrogen) atoms. The molecule has 2 heterocycles. The summed E-state index contributed by atoms with van der Waals surface area (Å²) < 4.78 is 6.64. The van der Waals surface area contributed by atoms with Crippen molar-refractivity contribution in [2.24, 2.45) is 13.0 Å². The van der Waals surface area contributed by atoms with Crippen molar-refractivity contribution < 1.29 is 9.53 Å². The van der Waals surface area contributed by atoms with Crippen LogP contribution in [0.1, 0.15) is 17.7 Å². The number of aromatic nitrogens is 2. The third kappa shape index (κ3) is 2.47. The van der Waals surface area contributed by atoms with E-state index >= 15 is 0 Å². The molecule has 2 aliphatic rings. The SMILES string of the molecule is Cn1nc2c(cc1=O)CC(C(=O)N1CCOCC1)CC2. The number of morpholine rings is 1. The molecule has 0 N–H and O–H groups in total. The second-order valence-corrected chi connectivity index (χ2v) is 5.46. The zero-order chi connectivity index (χ0) is 14.1. The zero-order valence-electron chi connectivity index (χ0n) is 11.7. The molecular formula is C14H19N3O3. The van der Waals surface area contributed by atoms with E-state index in [0.717, 1.165) is 24.1 Å². The number of hydrogen-bond donors (Lipinski definition) is 0. The minimum Gasteiger partial charge on any atom is -0.378 e. The molecule has 0 saturated carbocycles. The van der Waals surface area contributed by atoms with E-state index < -0.39 is 0 Å². The van der Waals surface area contributed by atoms with Crippen LogP contribution in [-0.2, 0) is 29.4 Å². The molecule has 6 heteroatoms. The van der Waals surface area contributed by atoms with Gasteiger partial charge in [-0.3, -0.25) is 9.59 Å². The average molecular weight is 277 g/mol. The second-order valence-electron chi connectivity index (χ2n) is 5.46. The fourth-order valence-corrected chi connectivity index (χ4v) is 2.94. The minimum atomic E-state index is -0.108. The average Bonchev–Trinajstić information content (AvgIpc) is 2.48. The van der Waals surface area contributed by atoms with E-state index in [1.165, 1.54) is 4.68 Å². The summed E-state index contributed by atoms with van der Waals surface area (Å²) in [6.45, 7) is 2.60. The number of hydrogen-bond acceptors (Lipinski definition) is 4. The summed E-state index contributed by atoms with van der Waals surface area (Å²) in [5.41, 5.74) is 1.78. The molecule has 0 spiro atoms. The fourth-order valence-electron chi connectivity index (χ4n) is 2.94. The number of rotatable bonds is 1. The maximum atomic E-state index is 12.5. The Kier molecular flexibility index (Phi) is 3.56. The van der Waals surface area contributed by atoms with Crippen LogP contribution in [0.25, 0.3) is 0 Å². The highest BCUT2D eigenvalue weighted by atomic mass is 16.5. The highest BCUT2D eigenvalue weighted by Crippen LogP contribution is 2.24. The van der Waals surface area contributed by atoms with E-state index in [0.29, 0.717) is 32.7 Å². The van der Waals surface area contributed by atoms with Crippen molar-refractivity contribution in [2.75, 3.05) is 26.3 Å². The first-order valence-corrected chi connectivity index (χ1v) is 7.08. The Morgan fingerprint density at radius 2 is 2.15 bits per heavy atom. The topological polar surface area (TPSA) is 64.4 Å². The molecule has 1 atom stereocenters. The highest BCUT2D eigenvalue weighted by Gasteiger charge is 2.30. The molecule has 1 amide bonds. The van der Waals surface area contributed by atoms with Crippen LogP contribution in [0.4, 0.5) is 0 Å². The lowest BCUT2D eigenvalue weighted by Gasteiger charge is -2.32. The molecule has 1 aliphatic heterocycles. The Balaban J connectivity index is 1.76. The number of carbonyl (C=O) groups excluding carboxylic acids is 1. The maximum Gasteiger partial charge on any atom is 0.266 e. The van der Waals surface area contributed by atoms with Crippen LogP contribution >= 0.6 is 0 Å². The van der Waals surface area contributed by atoms with Gasteiger partial charge in [0, 0.05) is 32.1 Å². The van der Waals surface area contributed by atoms with Crippen molar-refractivity contribution in [2.45, 2.75) is 19.3 Å². The lowest BCUT2D eigenvalue weighted by molar-refractivity contribution is -0.140. The van der Waals surface area contributed by atoms with Crippen molar-refractivity contribution in [3.63, 3.8) is 0 Å². The third-order valence-corrected chi connectivity index (χ3v) is 4.13. The molecule has 1 aromatic rings. The summed E-state index contributed by atoms with van der Waals surface area (Å²) >= 11 is 0. The first-order chi connectivity index (χ1) is 9.65. The van der Waals surface area contributed by atoms with Gasteiger partial charge in [0.25, 0.3) is 5.56 Å². The van der Waals surface area contributed by atoms with Crippen LogP contribution in [-0.4, -0.2) is 46.9 Å². The van der Waals surface area contributed by atoms with Gasteiger partial charge in [-0.2, -0.15) is 5.10 Å². The minimum absolute atomic E-state index is 0.0190. The molecule has 3 rings (SSSR count). The quantitative estimate of drug-likeness (QED) is 0.710. The summed E-state index contributed by atoms with van der Waals surface area (Å²) in [7, 11) is 1.66. The van der Waals surface area contributed by atoms with Crippen molar-refractivity contribution in [1.82, 2.24) is 14.7 Å². The van der Waals surface area contributed by atoms with Gasteiger partial charge in [0.05, 0.1) is 18.9 Å². The molecule has 1 aromatic heterocycles. The van der Waals surface area contributed by atoms with E-state index in [9.17, 15) is 9.59 Å². The Labute approximate surface area is 117 Å². The third-order valence-electron chi connectivity index (χ3n) is 4.13. The van der Waals surface area contributed by atoms with Gasteiger partial charge in [-0.1, -0.05) is 0 Å². The van der Waals surface area contributed by atoms with Crippen molar-refractivity contribution >= 4 is 5.91 Å². The van der Waals surface area contributed by atoms with Gasteiger partial charge in [0.1, 0.15) is 0 Å². The summed E-state index contributed by atoms with van der Waals surface area (Å²) in [5.74, 6) is 0.175. The lowest BCUT2D eigenvalue weighted by atomic mass is 9.86. The molecule has 108 valence electrons. The maximum absolute atomic E-state index is 12.5. The van der Waals surface area contributed by atoms with Gasteiger partial charge in [-0.25, -0.2) is 4.68 Å². The van der Waals surface area contributed by atoms with Crippen LogP contribution in [0.3, 0.4) is 0 Å². The molecule has 0 aromatic carbocycles. The van der Waals surface area contributed by atoms with E-state index in [4.69, 9.17) is 4.74 Å². The Hall–Kier alpha value is -1.69. The molecular weight excluding hydrogens is 258 g/mol. The van der Waals surface area contributed by atoms with E-state index in [2.05, 4.69) is 5.10 Å². The smallest absolute Gasteiger partial charge is 0.266 e. The number of nitrogens with zero attached hydrogens (tertiary/aromatic N) is 3. The van der Waals surface area contributed by atoms with Crippen LogP contribution in [0.15, 0.2) is 10.9 Å². The Bertz CT molecular complexity index is 576. The van der Waals surface area contributed by atoms with Crippen LogP contribution in [0.2, 0.25) is 0 Å². The highest BCUT2D eigenvalue weighted by molar-refractivity contribution is 5.79. The monoisotopic (exact) mass is 277 g/mol. The normalized spacial score (nSPS) is 22.4. The Morgan fingerprint density at radius 1 is 1.40 bits per heavy atom. The molecule has 0 bridgehead atoms. The molecule has 0 radical (unpaired) electrons. The predicted molar refractivity (Wildman–Crippen MR) is 72.4 cm³/mol. The Morgan fingerprint density at radius 3 is 2.90 bits per heavy atom. The van der Waals surface area contributed by atoms with E-state index in [1.807, 2.05) is 4.90 Å². The van der Waals surface area contributed by atoms with Gasteiger partial charge < -0.3 is 9.64 Å². The standard InChI is InChI=1S/C14H19N3O3/c1-16-13(18)9-11-8-10(2-3-12(11)15-16)14(19)17-4-6-20-7-5-17/h9-10H,2-8H2,1H3. The van der Waals surface area contributed by atoms with Gasteiger partial charge in [0.2, 0.25) is 5.91 Å². The van der Waals surface area contributed by atoms with Gasteiger partial charge >= 0.3 is 0 Å². The second kappa shape index (κ2) is 5.36. The molecule has 1 aliphatic carbocycles. The number of fused-ring (bicyclic) bond motifs is 1. The molecule has 6 nitrogen and oxygen atoms in total. The van der Waals surface area contributed by atoms with E-state index in [1.54, 1.807) is 13.1 Å². The zero-order valence-corrected chi connectivity index (χ0v) is 11.7. The number of aryl methyl sites for hydroxylation is 2. The number of amides is 1.